The summed E-state index contributed by atoms with van der Waals surface area (Å²) in [4.78, 5) is 5.33. The first-order valence-corrected chi connectivity index (χ1v) is 5.31. The van der Waals surface area contributed by atoms with Crippen molar-refractivity contribution in [2.24, 2.45) is 0 Å². The molecule has 1 aromatic rings. The summed E-state index contributed by atoms with van der Waals surface area (Å²) in [5.41, 5.74) is 3.77. The highest BCUT2D eigenvalue weighted by Crippen LogP contribution is 2.36. The molecule has 0 bridgehead atoms. The van der Waals surface area contributed by atoms with Crippen molar-refractivity contribution < 1.29 is 14.3 Å². The molecule has 2 heterocycles. The maximum Gasteiger partial charge on any atom is 0.231 e. The molecule has 5 heteroatoms. The fourth-order valence-corrected chi connectivity index (χ4v) is 1.91. The summed E-state index contributed by atoms with van der Waals surface area (Å²) in [5.74, 6) is 1.56. The third-order valence-electron chi connectivity index (χ3n) is 2.31. The zero-order chi connectivity index (χ0) is 10.3. The van der Waals surface area contributed by atoms with Gasteiger partial charge in [0.05, 0.1) is 0 Å². The molecule has 0 saturated carbocycles. The second kappa shape index (κ2) is 3.43. The van der Waals surface area contributed by atoms with Gasteiger partial charge in [-0.25, -0.2) is 0 Å². The van der Waals surface area contributed by atoms with Crippen LogP contribution in [0.4, 0.5) is 0 Å². The zero-order valence-electron chi connectivity index (χ0n) is 7.70. The van der Waals surface area contributed by atoms with Gasteiger partial charge >= 0.3 is 0 Å². The number of halogens is 1. The molecule has 2 aliphatic heterocycles. The molecule has 1 unspecified atom stereocenters. The highest BCUT2D eigenvalue weighted by Gasteiger charge is 2.20. The fraction of sp³-hybridized carbons (Fsp3) is 0.200. The maximum absolute atomic E-state index is 5.33. The maximum atomic E-state index is 5.33. The number of hydrogen-bond acceptors (Lipinski definition) is 4. The van der Waals surface area contributed by atoms with Crippen molar-refractivity contribution in [2.45, 2.75) is 6.10 Å². The first-order chi connectivity index (χ1) is 7.33. The number of fused-ring (bicyclic) bond motifs is 1. The summed E-state index contributed by atoms with van der Waals surface area (Å²) in [5, 5.41) is 0. The second-order valence-corrected chi connectivity index (χ2v) is 4.12. The Bertz CT molecular complexity index is 433. The Kier molecular flexibility index (Phi) is 2.07. The van der Waals surface area contributed by atoms with Gasteiger partial charge in [-0.3, -0.25) is 10.3 Å². The van der Waals surface area contributed by atoms with E-state index in [-0.39, 0.29) is 6.10 Å². The van der Waals surface area contributed by atoms with E-state index in [1.54, 1.807) is 0 Å². The Hall–Kier alpha value is -1.20. The van der Waals surface area contributed by atoms with Crippen LogP contribution in [0.15, 0.2) is 28.9 Å². The lowest BCUT2D eigenvalue weighted by Crippen LogP contribution is -2.05. The number of rotatable bonds is 1. The topological polar surface area (TPSA) is 39.7 Å². The summed E-state index contributed by atoms with van der Waals surface area (Å²) in [7, 11) is 0. The largest absolute Gasteiger partial charge is 0.454 e. The number of hydroxylamine groups is 1. The lowest BCUT2D eigenvalue weighted by atomic mass is 10.1. The monoisotopic (exact) mass is 269 g/mol. The molecule has 15 heavy (non-hydrogen) atoms. The van der Waals surface area contributed by atoms with Crippen molar-refractivity contribution >= 4 is 15.9 Å². The molecule has 0 aliphatic carbocycles. The van der Waals surface area contributed by atoms with Gasteiger partial charge in [0.1, 0.15) is 10.7 Å². The van der Waals surface area contributed by atoms with Crippen LogP contribution in [0.2, 0.25) is 0 Å². The van der Waals surface area contributed by atoms with Gasteiger partial charge in [0.25, 0.3) is 0 Å². The lowest BCUT2D eigenvalue weighted by Gasteiger charge is -2.07. The van der Waals surface area contributed by atoms with E-state index in [1.807, 2.05) is 24.3 Å². The molecule has 0 fully saturated rings. The third kappa shape index (κ3) is 1.57. The molecule has 1 aromatic carbocycles. The molecule has 0 spiro atoms. The minimum absolute atomic E-state index is 0.0890. The van der Waals surface area contributed by atoms with Crippen LogP contribution < -0.4 is 15.0 Å². The van der Waals surface area contributed by atoms with E-state index in [2.05, 4.69) is 21.4 Å². The van der Waals surface area contributed by atoms with E-state index >= 15 is 0 Å². The molecule has 2 aliphatic rings. The first kappa shape index (κ1) is 9.06. The Balaban J connectivity index is 1.93. The number of hydrogen-bond donors (Lipinski definition) is 1. The highest BCUT2D eigenvalue weighted by atomic mass is 79.9. The van der Waals surface area contributed by atoms with Gasteiger partial charge in [-0.05, 0) is 39.7 Å². The highest BCUT2D eigenvalue weighted by molar-refractivity contribution is 9.11. The number of nitrogens with one attached hydrogen (secondary N) is 1. The molecular formula is C10H8BrNO3. The van der Waals surface area contributed by atoms with Gasteiger partial charge in [-0.2, -0.15) is 0 Å². The van der Waals surface area contributed by atoms with Gasteiger partial charge < -0.3 is 9.47 Å². The Labute approximate surface area is 94.9 Å². The van der Waals surface area contributed by atoms with Crippen molar-refractivity contribution in [2.75, 3.05) is 6.79 Å². The van der Waals surface area contributed by atoms with Crippen LogP contribution >= 0.6 is 15.9 Å². The first-order valence-electron chi connectivity index (χ1n) is 4.51. The molecule has 1 N–H and O–H groups in total. The minimum Gasteiger partial charge on any atom is -0.454 e. The van der Waals surface area contributed by atoms with Gasteiger partial charge in [-0.15, -0.1) is 0 Å². The Morgan fingerprint density at radius 2 is 2.13 bits per heavy atom. The van der Waals surface area contributed by atoms with Crippen molar-refractivity contribution in [3.8, 4) is 11.5 Å². The van der Waals surface area contributed by atoms with Gasteiger partial charge in [-0.1, -0.05) is 6.07 Å². The van der Waals surface area contributed by atoms with Crippen LogP contribution in [0, 0.1) is 0 Å². The van der Waals surface area contributed by atoms with E-state index < -0.39 is 0 Å². The van der Waals surface area contributed by atoms with Crippen molar-refractivity contribution in [3.63, 3.8) is 0 Å². The summed E-state index contributed by atoms with van der Waals surface area (Å²) in [6.07, 6.45) is 1.85. The van der Waals surface area contributed by atoms with Crippen molar-refractivity contribution in [1.29, 1.82) is 0 Å². The molecular weight excluding hydrogens is 262 g/mol. The smallest absolute Gasteiger partial charge is 0.231 e. The summed E-state index contributed by atoms with van der Waals surface area (Å²) < 4.78 is 11.4. The molecule has 1 atom stereocenters. The third-order valence-corrected chi connectivity index (χ3v) is 2.73. The van der Waals surface area contributed by atoms with Gasteiger partial charge in [0.15, 0.2) is 11.5 Å². The second-order valence-electron chi connectivity index (χ2n) is 3.27. The average molecular weight is 270 g/mol. The summed E-state index contributed by atoms with van der Waals surface area (Å²) in [6, 6.07) is 5.78. The van der Waals surface area contributed by atoms with Gasteiger partial charge in [0.2, 0.25) is 6.79 Å². The van der Waals surface area contributed by atoms with Crippen molar-refractivity contribution in [3.05, 3.63) is 34.4 Å². The summed E-state index contributed by atoms with van der Waals surface area (Å²) >= 11 is 3.31. The van der Waals surface area contributed by atoms with Crippen molar-refractivity contribution in [1.82, 2.24) is 5.48 Å². The zero-order valence-corrected chi connectivity index (χ0v) is 9.28. The predicted octanol–water partition coefficient (Wildman–Crippen LogP) is 2.23. The van der Waals surface area contributed by atoms with Crippen LogP contribution in [0.5, 0.6) is 11.5 Å². The van der Waals surface area contributed by atoms with E-state index in [1.165, 1.54) is 0 Å². The van der Waals surface area contributed by atoms with Crippen LogP contribution in [-0.4, -0.2) is 6.79 Å². The molecule has 0 saturated heterocycles. The summed E-state index contributed by atoms with van der Waals surface area (Å²) in [6.45, 7) is 0.294. The molecule has 78 valence electrons. The molecule has 4 nitrogen and oxygen atoms in total. The SMILES string of the molecule is BrC1=CC(c2ccc3c(c2)OCO3)ON1. The quantitative estimate of drug-likeness (QED) is 0.794. The van der Waals surface area contributed by atoms with E-state index in [9.17, 15) is 0 Å². The molecule has 0 amide bonds. The standard InChI is InChI=1S/C10H8BrNO3/c11-10-4-8(15-12-10)6-1-2-7-9(3-6)14-5-13-7/h1-4,8,12H,5H2. The van der Waals surface area contributed by atoms with Crippen LogP contribution in [0.25, 0.3) is 0 Å². The van der Waals surface area contributed by atoms with E-state index in [4.69, 9.17) is 14.3 Å². The predicted molar refractivity (Wildman–Crippen MR) is 56.5 cm³/mol. The number of ether oxygens (including phenoxy) is 2. The average Bonchev–Trinajstić information content (AvgIpc) is 2.84. The minimum atomic E-state index is -0.0890. The van der Waals surface area contributed by atoms with Crippen LogP contribution in [0.3, 0.4) is 0 Å². The Morgan fingerprint density at radius 3 is 2.93 bits per heavy atom. The van der Waals surface area contributed by atoms with Crippen LogP contribution in [0.1, 0.15) is 11.7 Å². The molecule has 0 radical (unpaired) electrons. The lowest BCUT2D eigenvalue weighted by molar-refractivity contribution is 0.0457. The van der Waals surface area contributed by atoms with Gasteiger partial charge in [0, 0.05) is 0 Å². The van der Waals surface area contributed by atoms with Crippen LogP contribution in [-0.2, 0) is 4.84 Å². The Morgan fingerprint density at radius 1 is 1.27 bits per heavy atom. The van der Waals surface area contributed by atoms with E-state index in [0.29, 0.717) is 6.79 Å². The molecule has 3 rings (SSSR count). The number of benzene rings is 1. The fourth-order valence-electron chi connectivity index (χ4n) is 1.58. The normalized spacial score (nSPS) is 22.5. The van der Waals surface area contributed by atoms with E-state index in [0.717, 1.165) is 21.7 Å². The molecule has 0 aromatic heterocycles.